The molecular formula is C17H20. The van der Waals surface area contributed by atoms with E-state index in [0.717, 1.165) is 12.0 Å². The van der Waals surface area contributed by atoms with E-state index in [2.05, 4.69) is 30.0 Å². The first-order valence-corrected chi connectivity index (χ1v) is 6.67. The van der Waals surface area contributed by atoms with E-state index in [-0.39, 0.29) is 0 Å². The van der Waals surface area contributed by atoms with E-state index < -0.39 is 0 Å². The van der Waals surface area contributed by atoms with E-state index in [0.29, 0.717) is 0 Å². The Bertz CT molecular complexity index is 414. The Hall–Kier alpha value is -1.48. The van der Waals surface area contributed by atoms with Gasteiger partial charge in [0.05, 0.1) is 0 Å². The van der Waals surface area contributed by atoms with Gasteiger partial charge >= 0.3 is 0 Å². The molecule has 0 bridgehead atoms. The van der Waals surface area contributed by atoms with Crippen molar-refractivity contribution in [2.45, 2.75) is 44.9 Å². The van der Waals surface area contributed by atoms with Crippen LogP contribution in [0.1, 0.15) is 50.5 Å². The van der Waals surface area contributed by atoms with Gasteiger partial charge in [0.2, 0.25) is 0 Å². The van der Waals surface area contributed by atoms with Crippen LogP contribution in [0.4, 0.5) is 0 Å². The third-order valence-electron chi connectivity index (χ3n) is 3.19. The highest BCUT2D eigenvalue weighted by molar-refractivity contribution is 5.33. The number of hydrogen-bond acceptors (Lipinski definition) is 0. The van der Waals surface area contributed by atoms with Crippen LogP contribution in [0.5, 0.6) is 0 Å². The summed E-state index contributed by atoms with van der Waals surface area (Å²) in [6.07, 6.45) is 11.3. The summed E-state index contributed by atoms with van der Waals surface area (Å²) in [4.78, 5) is 0. The highest BCUT2D eigenvalue weighted by Gasteiger charge is 2.01. The molecule has 0 aromatic heterocycles. The molecule has 0 heteroatoms. The Labute approximate surface area is 105 Å². The van der Waals surface area contributed by atoms with Gasteiger partial charge in [-0.05, 0) is 50.7 Å². The summed E-state index contributed by atoms with van der Waals surface area (Å²) in [6, 6.07) is 10.2. The fraction of sp³-hybridized carbons (Fsp3) is 0.412. The van der Waals surface area contributed by atoms with Gasteiger partial charge in [0.15, 0.2) is 0 Å². The van der Waals surface area contributed by atoms with E-state index in [4.69, 9.17) is 0 Å². The number of hydrogen-bond donors (Lipinski definition) is 0. The Morgan fingerprint density at radius 3 is 2.71 bits per heavy atom. The first-order valence-electron chi connectivity index (χ1n) is 6.67. The Morgan fingerprint density at radius 1 is 1.06 bits per heavy atom. The lowest BCUT2D eigenvalue weighted by Crippen LogP contribution is -1.91. The summed E-state index contributed by atoms with van der Waals surface area (Å²) in [6.45, 7) is 0. The average molecular weight is 224 g/mol. The minimum absolute atomic E-state index is 1.02. The maximum absolute atomic E-state index is 3.26. The standard InChI is InChI=1S/C17H20/c1-4-10-16(11-5-1)14-8-3-9-15-17-12-6-2-7-13-17/h1,4-5,10-12H,2-3,6-7,9,13,15H2. The monoisotopic (exact) mass is 224 g/mol. The second kappa shape index (κ2) is 6.97. The molecule has 0 aliphatic heterocycles. The van der Waals surface area contributed by atoms with Crippen LogP contribution in [0, 0.1) is 11.8 Å². The second-order valence-corrected chi connectivity index (χ2v) is 4.63. The van der Waals surface area contributed by atoms with Crippen molar-refractivity contribution in [2.75, 3.05) is 0 Å². The molecule has 0 amide bonds. The summed E-state index contributed by atoms with van der Waals surface area (Å²) in [5, 5.41) is 0. The molecule has 0 atom stereocenters. The van der Waals surface area contributed by atoms with Crippen LogP contribution in [0.25, 0.3) is 0 Å². The Morgan fingerprint density at radius 2 is 1.94 bits per heavy atom. The molecule has 1 aliphatic carbocycles. The predicted octanol–water partition coefficient (Wildman–Crippen LogP) is 4.71. The van der Waals surface area contributed by atoms with E-state index in [1.165, 1.54) is 38.5 Å². The lowest BCUT2D eigenvalue weighted by Gasteiger charge is -2.11. The third kappa shape index (κ3) is 4.49. The number of unbranched alkanes of at least 4 members (excludes halogenated alkanes) is 1. The SMILES string of the molecule is C(#Cc1ccccc1)CCCC1=CCCCC1. The molecule has 17 heavy (non-hydrogen) atoms. The molecule has 0 N–H and O–H groups in total. The van der Waals surface area contributed by atoms with Gasteiger partial charge in [0, 0.05) is 12.0 Å². The topological polar surface area (TPSA) is 0 Å². The van der Waals surface area contributed by atoms with Crippen LogP contribution in [0.15, 0.2) is 42.0 Å². The third-order valence-corrected chi connectivity index (χ3v) is 3.19. The number of allylic oxidation sites excluding steroid dienone is 2. The minimum Gasteiger partial charge on any atom is -0.0979 e. The van der Waals surface area contributed by atoms with Gasteiger partial charge in [-0.25, -0.2) is 0 Å². The summed E-state index contributed by atoms with van der Waals surface area (Å²) in [5.41, 5.74) is 2.79. The molecule has 0 heterocycles. The van der Waals surface area contributed by atoms with Gasteiger partial charge in [-0.3, -0.25) is 0 Å². The highest BCUT2D eigenvalue weighted by Crippen LogP contribution is 2.21. The molecule has 1 aliphatic rings. The Balaban J connectivity index is 1.70. The number of benzene rings is 1. The van der Waals surface area contributed by atoms with Crippen LogP contribution >= 0.6 is 0 Å². The normalized spacial score (nSPS) is 14.7. The van der Waals surface area contributed by atoms with Crippen LogP contribution in [0.3, 0.4) is 0 Å². The predicted molar refractivity (Wildman–Crippen MR) is 73.7 cm³/mol. The van der Waals surface area contributed by atoms with Crippen LogP contribution < -0.4 is 0 Å². The van der Waals surface area contributed by atoms with Crippen LogP contribution in [0.2, 0.25) is 0 Å². The largest absolute Gasteiger partial charge is 0.0979 e. The zero-order chi connectivity index (χ0) is 11.8. The molecule has 0 saturated carbocycles. The van der Waals surface area contributed by atoms with Gasteiger partial charge in [-0.1, -0.05) is 41.7 Å². The van der Waals surface area contributed by atoms with Crippen molar-refractivity contribution < 1.29 is 0 Å². The van der Waals surface area contributed by atoms with Crippen molar-refractivity contribution in [3.63, 3.8) is 0 Å². The zero-order valence-corrected chi connectivity index (χ0v) is 10.4. The average Bonchev–Trinajstić information content (AvgIpc) is 2.41. The quantitative estimate of drug-likeness (QED) is 0.396. The van der Waals surface area contributed by atoms with Crippen molar-refractivity contribution in [3.05, 3.63) is 47.5 Å². The molecule has 2 rings (SSSR count). The van der Waals surface area contributed by atoms with E-state index in [1.807, 2.05) is 18.2 Å². The van der Waals surface area contributed by atoms with Crippen LogP contribution in [-0.2, 0) is 0 Å². The summed E-state index contributed by atoms with van der Waals surface area (Å²) in [7, 11) is 0. The fourth-order valence-electron chi connectivity index (χ4n) is 2.22. The Kier molecular flexibility index (Phi) is 4.91. The maximum Gasteiger partial charge on any atom is 0.0245 e. The van der Waals surface area contributed by atoms with Gasteiger partial charge < -0.3 is 0 Å². The van der Waals surface area contributed by atoms with E-state index in [9.17, 15) is 0 Å². The molecule has 1 aromatic rings. The minimum atomic E-state index is 1.02. The van der Waals surface area contributed by atoms with Crippen molar-refractivity contribution >= 4 is 0 Å². The molecule has 0 unspecified atom stereocenters. The molecule has 0 fully saturated rings. The van der Waals surface area contributed by atoms with Gasteiger partial charge in [-0.15, -0.1) is 0 Å². The smallest absolute Gasteiger partial charge is 0.0245 e. The summed E-state index contributed by atoms with van der Waals surface area (Å²) < 4.78 is 0. The molecule has 0 nitrogen and oxygen atoms in total. The van der Waals surface area contributed by atoms with Gasteiger partial charge in [0.1, 0.15) is 0 Å². The second-order valence-electron chi connectivity index (χ2n) is 4.63. The molecule has 0 spiro atoms. The van der Waals surface area contributed by atoms with Crippen molar-refractivity contribution in [3.8, 4) is 11.8 Å². The van der Waals surface area contributed by atoms with Crippen LogP contribution in [-0.4, -0.2) is 0 Å². The first kappa shape index (κ1) is 12.0. The summed E-state index contributed by atoms with van der Waals surface area (Å²) in [5.74, 6) is 6.48. The first-order chi connectivity index (χ1) is 8.45. The van der Waals surface area contributed by atoms with Crippen molar-refractivity contribution in [1.29, 1.82) is 0 Å². The van der Waals surface area contributed by atoms with Gasteiger partial charge in [-0.2, -0.15) is 0 Å². The molecule has 88 valence electrons. The lowest BCUT2D eigenvalue weighted by atomic mass is 9.95. The fourth-order valence-corrected chi connectivity index (χ4v) is 2.22. The molecule has 0 saturated heterocycles. The highest BCUT2D eigenvalue weighted by atomic mass is 14.1. The maximum atomic E-state index is 3.26. The molecule has 1 aromatic carbocycles. The summed E-state index contributed by atoms with van der Waals surface area (Å²) >= 11 is 0. The van der Waals surface area contributed by atoms with E-state index in [1.54, 1.807) is 5.57 Å². The lowest BCUT2D eigenvalue weighted by molar-refractivity contribution is 0.663. The molecule has 0 radical (unpaired) electrons. The van der Waals surface area contributed by atoms with Crippen molar-refractivity contribution in [1.82, 2.24) is 0 Å². The zero-order valence-electron chi connectivity index (χ0n) is 10.4. The van der Waals surface area contributed by atoms with E-state index >= 15 is 0 Å². The molecular weight excluding hydrogens is 204 g/mol. The van der Waals surface area contributed by atoms with Gasteiger partial charge in [0.25, 0.3) is 0 Å². The number of rotatable bonds is 3. The van der Waals surface area contributed by atoms with Crippen molar-refractivity contribution in [2.24, 2.45) is 0 Å².